The van der Waals surface area contributed by atoms with Crippen LogP contribution in [0.3, 0.4) is 0 Å². The van der Waals surface area contributed by atoms with Gasteiger partial charge < -0.3 is 4.74 Å². The van der Waals surface area contributed by atoms with Crippen LogP contribution in [0, 0.1) is 6.92 Å². The summed E-state index contributed by atoms with van der Waals surface area (Å²) in [7, 11) is 0. The molecule has 0 aliphatic carbocycles. The molecule has 0 saturated heterocycles. The lowest BCUT2D eigenvalue weighted by atomic mass is 10.2. The molecule has 0 N–H and O–H groups in total. The van der Waals surface area contributed by atoms with Crippen LogP contribution < -0.4 is 4.74 Å². The highest BCUT2D eigenvalue weighted by atomic mass is 16.5. The van der Waals surface area contributed by atoms with Crippen LogP contribution in [0.15, 0.2) is 54.7 Å². The Labute approximate surface area is 111 Å². The van der Waals surface area contributed by atoms with E-state index in [2.05, 4.69) is 22.5 Å². The number of benzene rings is 2. The first kappa shape index (κ1) is 10.4. The van der Waals surface area contributed by atoms with E-state index in [1.165, 1.54) is 0 Å². The van der Waals surface area contributed by atoms with E-state index < -0.39 is 0 Å². The quantitative estimate of drug-likeness (QED) is 0.471. The third-order valence-electron chi connectivity index (χ3n) is 3.39. The van der Waals surface area contributed by atoms with Crippen molar-refractivity contribution in [2.45, 2.75) is 6.92 Å². The van der Waals surface area contributed by atoms with Gasteiger partial charge in [0.1, 0.15) is 11.6 Å². The lowest BCUT2D eigenvalue weighted by Crippen LogP contribution is -1.98. The Balaban J connectivity index is 2.14. The van der Waals surface area contributed by atoms with Gasteiger partial charge in [-0.1, -0.05) is 24.3 Å². The number of hydrogen-bond donors (Lipinski definition) is 0. The zero-order valence-electron chi connectivity index (χ0n) is 10.5. The molecular formula is C16H12N2O. The third-order valence-corrected chi connectivity index (χ3v) is 3.39. The van der Waals surface area contributed by atoms with Gasteiger partial charge in [-0.2, -0.15) is 0 Å². The molecule has 92 valence electrons. The molecule has 1 aliphatic heterocycles. The standard InChI is InChI=1S/C16H12N2O/c1-11-10-17-16-12-6-2-4-8-14(12)19-15-9-5-3-7-13(15)18(11)16/h2-10H,1H3. The topological polar surface area (TPSA) is 27.1 Å². The van der Waals surface area contributed by atoms with E-state index in [1.807, 2.05) is 48.7 Å². The van der Waals surface area contributed by atoms with Gasteiger partial charge >= 0.3 is 0 Å². The van der Waals surface area contributed by atoms with Gasteiger partial charge in [0.2, 0.25) is 0 Å². The number of hydrogen-bond acceptors (Lipinski definition) is 2. The van der Waals surface area contributed by atoms with Crippen LogP contribution in [-0.2, 0) is 0 Å². The Bertz CT molecular complexity index is 774. The van der Waals surface area contributed by atoms with Crippen molar-refractivity contribution in [2.75, 3.05) is 0 Å². The molecule has 0 atom stereocenters. The highest BCUT2D eigenvalue weighted by Crippen LogP contribution is 2.40. The van der Waals surface area contributed by atoms with Gasteiger partial charge in [-0.25, -0.2) is 4.98 Å². The zero-order valence-corrected chi connectivity index (χ0v) is 10.5. The van der Waals surface area contributed by atoms with Crippen molar-refractivity contribution < 1.29 is 4.74 Å². The molecule has 0 amide bonds. The van der Waals surface area contributed by atoms with E-state index in [-0.39, 0.29) is 0 Å². The average molecular weight is 248 g/mol. The molecule has 0 radical (unpaired) electrons. The normalized spacial score (nSPS) is 11.8. The van der Waals surface area contributed by atoms with E-state index in [9.17, 15) is 0 Å². The van der Waals surface area contributed by atoms with Crippen molar-refractivity contribution in [1.29, 1.82) is 0 Å². The lowest BCUT2D eigenvalue weighted by molar-refractivity contribution is 0.485. The van der Waals surface area contributed by atoms with Crippen molar-refractivity contribution in [1.82, 2.24) is 9.55 Å². The van der Waals surface area contributed by atoms with Crippen LogP contribution in [0.4, 0.5) is 0 Å². The second-order valence-electron chi connectivity index (χ2n) is 4.62. The molecule has 0 saturated carbocycles. The van der Waals surface area contributed by atoms with Crippen molar-refractivity contribution in [3.63, 3.8) is 0 Å². The van der Waals surface area contributed by atoms with E-state index in [0.29, 0.717) is 0 Å². The summed E-state index contributed by atoms with van der Waals surface area (Å²) in [5.74, 6) is 2.63. The summed E-state index contributed by atoms with van der Waals surface area (Å²) in [4.78, 5) is 4.54. The van der Waals surface area contributed by atoms with Crippen LogP contribution in [0.5, 0.6) is 11.5 Å². The maximum atomic E-state index is 6.04. The summed E-state index contributed by atoms with van der Waals surface area (Å²) < 4.78 is 8.18. The summed E-state index contributed by atoms with van der Waals surface area (Å²) in [6.07, 6.45) is 1.90. The average Bonchev–Trinajstić information content (AvgIpc) is 2.75. The molecule has 0 spiro atoms. The predicted molar refractivity (Wildman–Crippen MR) is 73.8 cm³/mol. The highest BCUT2D eigenvalue weighted by Gasteiger charge is 2.21. The Morgan fingerprint density at radius 2 is 1.68 bits per heavy atom. The molecule has 3 heteroatoms. The monoisotopic (exact) mass is 248 g/mol. The minimum atomic E-state index is 0.847. The Morgan fingerprint density at radius 3 is 2.58 bits per heavy atom. The molecular weight excluding hydrogens is 236 g/mol. The number of fused-ring (bicyclic) bond motifs is 5. The summed E-state index contributed by atoms with van der Waals surface area (Å²) in [6, 6.07) is 16.0. The van der Waals surface area contributed by atoms with Gasteiger partial charge in [-0.3, -0.25) is 4.57 Å². The van der Waals surface area contributed by atoms with Gasteiger partial charge in [0.15, 0.2) is 5.75 Å². The highest BCUT2D eigenvalue weighted by molar-refractivity contribution is 5.71. The minimum absolute atomic E-state index is 0.847. The molecule has 0 bridgehead atoms. The Kier molecular flexibility index (Phi) is 2.03. The number of ether oxygens (including phenoxy) is 1. The van der Waals surface area contributed by atoms with E-state index in [4.69, 9.17) is 4.74 Å². The number of para-hydroxylation sites is 3. The fourth-order valence-corrected chi connectivity index (χ4v) is 2.52. The molecule has 0 fully saturated rings. The molecule has 1 aliphatic rings. The first-order valence-corrected chi connectivity index (χ1v) is 6.25. The van der Waals surface area contributed by atoms with Gasteiger partial charge in [0.05, 0.1) is 11.3 Å². The smallest absolute Gasteiger partial charge is 0.151 e. The molecule has 0 unspecified atom stereocenters. The van der Waals surface area contributed by atoms with Gasteiger partial charge in [-0.15, -0.1) is 0 Å². The van der Waals surface area contributed by atoms with Crippen LogP contribution in [0.25, 0.3) is 17.1 Å². The number of nitrogens with zero attached hydrogens (tertiary/aromatic N) is 2. The maximum absolute atomic E-state index is 6.04. The summed E-state index contributed by atoms with van der Waals surface area (Å²) >= 11 is 0. The minimum Gasteiger partial charge on any atom is -0.454 e. The molecule has 3 aromatic rings. The molecule has 2 heterocycles. The summed E-state index contributed by atoms with van der Waals surface area (Å²) in [6.45, 7) is 2.06. The summed E-state index contributed by atoms with van der Waals surface area (Å²) in [5, 5.41) is 0. The maximum Gasteiger partial charge on any atom is 0.151 e. The number of aromatic nitrogens is 2. The first-order chi connectivity index (χ1) is 9.34. The Hall–Kier alpha value is -2.55. The van der Waals surface area contributed by atoms with Crippen molar-refractivity contribution in [3.05, 3.63) is 60.4 Å². The van der Waals surface area contributed by atoms with Gasteiger partial charge in [0.25, 0.3) is 0 Å². The largest absolute Gasteiger partial charge is 0.454 e. The van der Waals surface area contributed by atoms with E-state index in [0.717, 1.165) is 34.3 Å². The van der Waals surface area contributed by atoms with Crippen molar-refractivity contribution in [2.24, 2.45) is 0 Å². The predicted octanol–water partition coefficient (Wildman–Crippen LogP) is 3.95. The SMILES string of the molecule is Cc1cnc2n1-c1ccccc1Oc1ccccc1-2. The van der Waals surface area contributed by atoms with E-state index >= 15 is 0 Å². The fraction of sp³-hybridized carbons (Fsp3) is 0.0625. The lowest BCUT2D eigenvalue weighted by Gasteiger charge is -2.09. The van der Waals surface area contributed by atoms with Crippen molar-refractivity contribution in [3.8, 4) is 28.6 Å². The summed E-state index contributed by atoms with van der Waals surface area (Å²) in [5.41, 5.74) is 3.15. The number of rotatable bonds is 0. The van der Waals surface area contributed by atoms with Crippen LogP contribution in [-0.4, -0.2) is 9.55 Å². The molecule has 4 rings (SSSR count). The van der Waals surface area contributed by atoms with E-state index in [1.54, 1.807) is 0 Å². The number of aryl methyl sites for hydroxylation is 1. The molecule has 3 nitrogen and oxygen atoms in total. The third kappa shape index (κ3) is 1.41. The fourth-order valence-electron chi connectivity index (χ4n) is 2.52. The first-order valence-electron chi connectivity index (χ1n) is 6.25. The van der Waals surface area contributed by atoms with Gasteiger partial charge in [-0.05, 0) is 31.2 Å². The zero-order chi connectivity index (χ0) is 12.8. The second kappa shape index (κ2) is 3.72. The van der Waals surface area contributed by atoms with Crippen molar-refractivity contribution >= 4 is 0 Å². The van der Waals surface area contributed by atoms with Crippen LogP contribution >= 0.6 is 0 Å². The second-order valence-corrected chi connectivity index (χ2v) is 4.62. The van der Waals surface area contributed by atoms with Crippen LogP contribution in [0.2, 0.25) is 0 Å². The molecule has 1 aromatic heterocycles. The molecule has 19 heavy (non-hydrogen) atoms. The Morgan fingerprint density at radius 1 is 0.947 bits per heavy atom. The van der Waals surface area contributed by atoms with Gasteiger partial charge in [0, 0.05) is 11.9 Å². The van der Waals surface area contributed by atoms with Crippen LogP contribution in [0.1, 0.15) is 5.69 Å². The molecule has 2 aromatic carbocycles. The number of imidazole rings is 1.